The summed E-state index contributed by atoms with van der Waals surface area (Å²) in [6.07, 6.45) is 10.7. The number of nitrogens with zero attached hydrogens (tertiary/aromatic N) is 2. The molecule has 1 saturated carbocycles. The molecule has 1 aromatic heterocycles. The molecule has 0 aliphatic heterocycles. The summed E-state index contributed by atoms with van der Waals surface area (Å²) in [7, 11) is 0. The van der Waals surface area contributed by atoms with Gasteiger partial charge in [0.25, 0.3) is 0 Å². The third-order valence-electron chi connectivity index (χ3n) is 3.25. The number of nitrogens with two attached hydrogens (primary N) is 1. The van der Waals surface area contributed by atoms with Crippen molar-refractivity contribution in [3.63, 3.8) is 0 Å². The van der Waals surface area contributed by atoms with Crippen LogP contribution in [0.2, 0.25) is 0 Å². The van der Waals surface area contributed by atoms with E-state index < -0.39 is 0 Å². The van der Waals surface area contributed by atoms with Crippen molar-refractivity contribution in [2.45, 2.75) is 57.5 Å². The fourth-order valence-corrected chi connectivity index (χ4v) is 2.53. The number of imidazole rings is 1. The van der Waals surface area contributed by atoms with Gasteiger partial charge in [-0.05, 0) is 19.8 Å². The molecule has 0 amide bonds. The van der Waals surface area contributed by atoms with Crippen LogP contribution in [-0.4, -0.2) is 15.6 Å². The Bertz CT molecular complexity index is 298. The molecule has 0 bridgehead atoms. The summed E-state index contributed by atoms with van der Waals surface area (Å²) < 4.78 is 2.24. The van der Waals surface area contributed by atoms with Crippen molar-refractivity contribution < 1.29 is 0 Å². The molecule has 1 fully saturated rings. The Morgan fingerprint density at radius 2 is 2.20 bits per heavy atom. The van der Waals surface area contributed by atoms with Gasteiger partial charge in [-0.25, -0.2) is 4.98 Å². The Kier molecular flexibility index (Phi) is 3.41. The van der Waals surface area contributed by atoms with Gasteiger partial charge in [0.15, 0.2) is 0 Å². The fraction of sp³-hybridized carbons (Fsp3) is 0.750. The average Bonchev–Trinajstić information content (AvgIpc) is 2.66. The maximum absolute atomic E-state index is 5.83. The Labute approximate surface area is 91.7 Å². The molecule has 3 nitrogen and oxygen atoms in total. The second kappa shape index (κ2) is 4.79. The van der Waals surface area contributed by atoms with Gasteiger partial charge in [0.05, 0.1) is 6.33 Å². The summed E-state index contributed by atoms with van der Waals surface area (Å²) in [5.41, 5.74) is 7.23. The zero-order valence-corrected chi connectivity index (χ0v) is 9.52. The van der Waals surface area contributed by atoms with Crippen LogP contribution >= 0.6 is 0 Å². The van der Waals surface area contributed by atoms with Crippen molar-refractivity contribution in [1.82, 2.24) is 9.55 Å². The average molecular weight is 207 g/mol. The number of rotatable bonds is 3. The minimum absolute atomic E-state index is 0.210. The summed E-state index contributed by atoms with van der Waals surface area (Å²) in [5.74, 6) is 0.722. The van der Waals surface area contributed by atoms with E-state index in [-0.39, 0.29) is 6.04 Å². The quantitative estimate of drug-likeness (QED) is 0.826. The molecule has 0 radical (unpaired) electrons. The molecule has 1 atom stereocenters. The highest BCUT2D eigenvalue weighted by Crippen LogP contribution is 2.32. The van der Waals surface area contributed by atoms with Crippen molar-refractivity contribution in [3.05, 3.63) is 18.2 Å². The fourth-order valence-electron chi connectivity index (χ4n) is 2.53. The smallest absolute Gasteiger partial charge is 0.0948 e. The van der Waals surface area contributed by atoms with Gasteiger partial charge in [0.1, 0.15) is 0 Å². The number of hydrogen-bond donors (Lipinski definition) is 1. The first-order chi connectivity index (χ1) is 7.27. The molecule has 0 saturated heterocycles. The molecule has 1 unspecified atom stereocenters. The van der Waals surface area contributed by atoms with Crippen LogP contribution in [0, 0.1) is 0 Å². The first-order valence-corrected chi connectivity index (χ1v) is 6.03. The van der Waals surface area contributed by atoms with Crippen LogP contribution in [0.5, 0.6) is 0 Å². The van der Waals surface area contributed by atoms with Gasteiger partial charge >= 0.3 is 0 Å². The second-order valence-corrected chi connectivity index (χ2v) is 4.78. The third kappa shape index (κ3) is 2.59. The van der Waals surface area contributed by atoms with E-state index in [1.54, 1.807) is 0 Å². The van der Waals surface area contributed by atoms with Gasteiger partial charge in [-0.2, -0.15) is 0 Å². The lowest BCUT2D eigenvalue weighted by molar-refractivity contribution is 0.418. The van der Waals surface area contributed by atoms with Crippen molar-refractivity contribution in [2.75, 3.05) is 0 Å². The van der Waals surface area contributed by atoms with Gasteiger partial charge in [0, 0.05) is 30.4 Å². The van der Waals surface area contributed by atoms with Gasteiger partial charge < -0.3 is 10.3 Å². The Balaban J connectivity index is 2.09. The van der Waals surface area contributed by atoms with Gasteiger partial charge in [-0.15, -0.1) is 0 Å². The lowest BCUT2D eigenvalue weighted by atomic mass is 9.87. The predicted octanol–water partition coefficient (Wildman–Crippen LogP) is 2.28. The van der Waals surface area contributed by atoms with E-state index in [0.717, 1.165) is 12.5 Å². The molecular formula is C12H21N3. The SMILES string of the molecule is CC(N)Cn1cncc1C1CCCCC1. The summed E-state index contributed by atoms with van der Waals surface area (Å²) in [6.45, 7) is 2.94. The van der Waals surface area contributed by atoms with Crippen molar-refractivity contribution in [2.24, 2.45) is 5.73 Å². The Hall–Kier alpha value is -0.830. The highest BCUT2D eigenvalue weighted by Gasteiger charge is 2.19. The molecule has 1 aliphatic carbocycles. The largest absolute Gasteiger partial charge is 0.333 e. The third-order valence-corrected chi connectivity index (χ3v) is 3.25. The number of aromatic nitrogens is 2. The van der Waals surface area contributed by atoms with E-state index in [9.17, 15) is 0 Å². The lowest BCUT2D eigenvalue weighted by Gasteiger charge is -2.23. The molecule has 1 aliphatic rings. The monoisotopic (exact) mass is 207 g/mol. The van der Waals surface area contributed by atoms with Crippen molar-refractivity contribution in [3.8, 4) is 0 Å². The predicted molar refractivity (Wildman–Crippen MR) is 61.7 cm³/mol. The molecule has 1 heterocycles. The lowest BCUT2D eigenvalue weighted by Crippen LogP contribution is -2.23. The molecule has 0 spiro atoms. The summed E-state index contributed by atoms with van der Waals surface area (Å²) in [6, 6.07) is 0.210. The molecule has 1 aromatic rings. The Morgan fingerprint density at radius 1 is 1.47 bits per heavy atom. The van der Waals surface area contributed by atoms with Gasteiger partial charge in [0.2, 0.25) is 0 Å². The summed E-state index contributed by atoms with van der Waals surface area (Å²) in [5, 5.41) is 0. The maximum atomic E-state index is 5.83. The summed E-state index contributed by atoms with van der Waals surface area (Å²) in [4.78, 5) is 4.26. The van der Waals surface area contributed by atoms with Crippen LogP contribution in [-0.2, 0) is 6.54 Å². The molecular weight excluding hydrogens is 186 g/mol. The first kappa shape index (κ1) is 10.7. The van der Waals surface area contributed by atoms with Crippen LogP contribution in [0.3, 0.4) is 0 Å². The minimum Gasteiger partial charge on any atom is -0.333 e. The molecule has 0 aromatic carbocycles. The van der Waals surface area contributed by atoms with Crippen molar-refractivity contribution in [1.29, 1.82) is 0 Å². The van der Waals surface area contributed by atoms with Gasteiger partial charge in [-0.3, -0.25) is 0 Å². The molecule has 2 N–H and O–H groups in total. The van der Waals surface area contributed by atoms with Crippen LogP contribution in [0.15, 0.2) is 12.5 Å². The van der Waals surface area contributed by atoms with Gasteiger partial charge in [-0.1, -0.05) is 19.3 Å². The van der Waals surface area contributed by atoms with Crippen LogP contribution in [0.4, 0.5) is 0 Å². The van der Waals surface area contributed by atoms with Crippen LogP contribution < -0.4 is 5.73 Å². The zero-order chi connectivity index (χ0) is 10.7. The van der Waals surface area contributed by atoms with Crippen LogP contribution in [0.25, 0.3) is 0 Å². The van der Waals surface area contributed by atoms with E-state index in [2.05, 4.69) is 9.55 Å². The van der Waals surface area contributed by atoms with Crippen LogP contribution in [0.1, 0.15) is 50.6 Å². The van der Waals surface area contributed by atoms with E-state index in [4.69, 9.17) is 5.73 Å². The normalized spacial score (nSPS) is 20.4. The maximum Gasteiger partial charge on any atom is 0.0948 e. The van der Waals surface area contributed by atoms with E-state index in [1.165, 1.54) is 37.8 Å². The topological polar surface area (TPSA) is 43.8 Å². The highest BCUT2D eigenvalue weighted by molar-refractivity contribution is 5.07. The standard InChI is InChI=1S/C12H21N3/c1-10(13)8-15-9-14-7-12(15)11-5-3-2-4-6-11/h7,9-11H,2-6,8,13H2,1H3. The van der Waals surface area contributed by atoms with Crippen molar-refractivity contribution >= 4 is 0 Å². The first-order valence-electron chi connectivity index (χ1n) is 6.03. The van der Waals surface area contributed by atoms with E-state index >= 15 is 0 Å². The molecule has 15 heavy (non-hydrogen) atoms. The zero-order valence-electron chi connectivity index (χ0n) is 9.52. The number of hydrogen-bond acceptors (Lipinski definition) is 2. The van der Waals surface area contributed by atoms with E-state index in [0.29, 0.717) is 0 Å². The molecule has 84 valence electrons. The highest BCUT2D eigenvalue weighted by atomic mass is 15.1. The molecule has 2 rings (SSSR count). The molecule has 3 heteroatoms. The Morgan fingerprint density at radius 3 is 2.87 bits per heavy atom. The minimum atomic E-state index is 0.210. The summed E-state index contributed by atoms with van der Waals surface area (Å²) >= 11 is 0. The second-order valence-electron chi connectivity index (χ2n) is 4.78. The van der Waals surface area contributed by atoms with E-state index in [1.807, 2.05) is 19.4 Å².